The number of aliphatic imine (C=N–C) groups is 1. The van der Waals surface area contributed by atoms with Crippen LogP contribution in [0, 0.1) is 5.82 Å². The van der Waals surface area contributed by atoms with Crippen LogP contribution in [0.3, 0.4) is 0 Å². The molecule has 1 unspecified atom stereocenters. The van der Waals surface area contributed by atoms with E-state index in [0.717, 1.165) is 58.1 Å². The largest absolute Gasteiger partial charge is 0.489 e. The molecule has 0 saturated carbocycles. The lowest BCUT2D eigenvalue weighted by molar-refractivity contribution is -0.133. The maximum Gasteiger partial charge on any atom is 0.236 e. The minimum absolute atomic E-state index is 0.132. The molecule has 30 heavy (non-hydrogen) atoms. The molecule has 0 aromatic heterocycles. The van der Waals surface area contributed by atoms with Crippen molar-refractivity contribution >= 4 is 11.9 Å². The van der Waals surface area contributed by atoms with Gasteiger partial charge in [0.1, 0.15) is 17.7 Å². The van der Waals surface area contributed by atoms with Crippen LogP contribution in [0.5, 0.6) is 5.75 Å². The van der Waals surface area contributed by atoms with E-state index >= 15 is 0 Å². The Kier molecular flexibility index (Phi) is 8.30. The number of hydrogen-bond donors (Lipinski definition) is 1. The maximum atomic E-state index is 13.3. The Morgan fingerprint density at radius 2 is 1.87 bits per heavy atom. The number of nitrogens with zero attached hydrogens (tertiary/aromatic N) is 4. The van der Waals surface area contributed by atoms with Crippen molar-refractivity contribution < 1.29 is 13.9 Å². The number of piperidine rings is 1. The number of nitrogens with one attached hydrogen (secondary N) is 1. The van der Waals surface area contributed by atoms with E-state index in [9.17, 15) is 9.18 Å². The number of amides is 1. The summed E-state index contributed by atoms with van der Waals surface area (Å²) in [4.78, 5) is 23.3. The average Bonchev–Trinajstić information content (AvgIpc) is 2.76. The quantitative estimate of drug-likeness (QED) is 0.563. The van der Waals surface area contributed by atoms with Crippen molar-refractivity contribution in [1.29, 1.82) is 0 Å². The number of guanidine groups is 1. The van der Waals surface area contributed by atoms with Gasteiger partial charge in [-0.05, 0) is 38.3 Å². The zero-order valence-corrected chi connectivity index (χ0v) is 18.1. The first-order valence-electron chi connectivity index (χ1n) is 10.9. The van der Waals surface area contributed by atoms with Crippen LogP contribution in [0.25, 0.3) is 0 Å². The van der Waals surface area contributed by atoms with E-state index in [1.165, 1.54) is 18.6 Å². The molecule has 1 atom stereocenters. The van der Waals surface area contributed by atoms with Gasteiger partial charge in [-0.2, -0.15) is 0 Å². The van der Waals surface area contributed by atoms with Gasteiger partial charge in [-0.25, -0.2) is 4.39 Å². The summed E-state index contributed by atoms with van der Waals surface area (Å²) in [5.74, 6) is 1.30. The third kappa shape index (κ3) is 6.58. The zero-order chi connectivity index (χ0) is 21.3. The van der Waals surface area contributed by atoms with Crippen molar-refractivity contribution in [2.45, 2.75) is 32.3 Å². The monoisotopic (exact) mass is 419 g/mol. The summed E-state index contributed by atoms with van der Waals surface area (Å²) >= 11 is 0. The molecule has 2 heterocycles. The number of carbonyl (C=O) groups is 1. The molecule has 1 amide bonds. The molecule has 0 aliphatic carbocycles. The number of ether oxygens (including phenoxy) is 1. The molecule has 2 fully saturated rings. The SMILES string of the molecule is CN=C(NCC(C)Oc1cccc(F)c1)N1CCN(CC(=O)N2CCCCC2)CC1. The number of likely N-dealkylation sites (tertiary alicyclic amines) is 1. The van der Waals surface area contributed by atoms with Crippen molar-refractivity contribution in [2.24, 2.45) is 4.99 Å². The third-order valence-electron chi connectivity index (χ3n) is 5.63. The second-order valence-electron chi connectivity index (χ2n) is 8.02. The molecular formula is C22H34FN5O2. The normalized spacial score (nSPS) is 19.5. The molecule has 1 N–H and O–H groups in total. The van der Waals surface area contributed by atoms with Gasteiger partial charge in [0.05, 0.1) is 13.1 Å². The van der Waals surface area contributed by atoms with E-state index in [4.69, 9.17) is 4.74 Å². The van der Waals surface area contributed by atoms with Gasteiger partial charge in [0.25, 0.3) is 0 Å². The molecule has 166 valence electrons. The number of piperazine rings is 1. The summed E-state index contributed by atoms with van der Waals surface area (Å²) in [5.41, 5.74) is 0. The number of halogens is 1. The Morgan fingerprint density at radius 3 is 2.53 bits per heavy atom. The second kappa shape index (κ2) is 11.2. The van der Waals surface area contributed by atoms with Gasteiger partial charge in [0.2, 0.25) is 5.91 Å². The first kappa shape index (κ1) is 22.3. The molecule has 2 saturated heterocycles. The molecule has 0 spiro atoms. The first-order valence-corrected chi connectivity index (χ1v) is 10.9. The van der Waals surface area contributed by atoms with Gasteiger partial charge < -0.3 is 19.9 Å². The van der Waals surface area contributed by atoms with Crippen LogP contribution >= 0.6 is 0 Å². The highest BCUT2D eigenvalue weighted by Crippen LogP contribution is 2.14. The lowest BCUT2D eigenvalue weighted by Crippen LogP contribution is -2.55. The van der Waals surface area contributed by atoms with E-state index in [1.54, 1.807) is 19.2 Å². The summed E-state index contributed by atoms with van der Waals surface area (Å²) in [6.07, 6.45) is 3.36. The van der Waals surface area contributed by atoms with Gasteiger partial charge in [0, 0.05) is 52.4 Å². The Morgan fingerprint density at radius 1 is 1.13 bits per heavy atom. The predicted molar refractivity (Wildman–Crippen MR) is 116 cm³/mol. The Bertz CT molecular complexity index is 715. The van der Waals surface area contributed by atoms with Crippen LogP contribution < -0.4 is 10.1 Å². The van der Waals surface area contributed by atoms with Crippen molar-refractivity contribution in [2.75, 3.05) is 59.4 Å². The maximum absolute atomic E-state index is 13.3. The molecule has 2 aliphatic heterocycles. The summed E-state index contributed by atoms with van der Waals surface area (Å²) < 4.78 is 19.1. The van der Waals surface area contributed by atoms with Crippen LogP contribution in [0.1, 0.15) is 26.2 Å². The molecular weight excluding hydrogens is 385 g/mol. The van der Waals surface area contributed by atoms with E-state index < -0.39 is 0 Å². The van der Waals surface area contributed by atoms with Gasteiger partial charge >= 0.3 is 0 Å². The van der Waals surface area contributed by atoms with Crippen molar-refractivity contribution in [1.82, 2.24) is 20.0 Å². The fourth-order valence-corrected chi connectivity index (χ4v) is 3.93. The Hall–Kier alpha value is -2.35. The standard InChI is InChI=1S/C22H34FN5O2/c1-18(30-20-8-6-7-19(23)15-20)16-25-22(24-2)28-13-11-26(12-14-28)17-21(29)27-9-4-3-5-10-27/h6-8,15,18H,3-5,9-14,16-17H2,1-2H3,(H,24,25). The van der Waals surface area contributed by atoms with E-state index in [0.29, 0.717) is 18.8 Å². The van der Waals surface area contributed by atoms with Gasteiger partial charge in [-0.3, -0.25) is 14.7 Å². The number of benzene rings is 1. The van der Waals surface area contributed by atoms with Crippen LogP contribution in [-0.4, -0.2) is 92.1 Å². The Balaban J connectivity index is 1.39. The van der Waals surface area contributed by atoms with Crippen LogP contribution in [0.2, 0.25) is 0 Å². The lowest BCUT2D eigenvalue weighted by atomic mass is 10.1. The van der Waals surface area contributed by atoms with Crippen molar-refractivity contribution in [3.8, 4) is 5.75 Å². The predicted octanol–water partition coefficient (Wildman–Crippen LogP) is 1.80. The summed E-state index contributed by atoms with van der Waals surface area (Å²) in [6, 6.07) is 6.17. The number of carbonyl (C=O) groups excluding carboxylic acids is 1. The Labute approximate surface area is 178 Å². The molecule has 7 nitrogen and oxygen atoms in total. The molecule has 1 aromatic carbocycles. The van der Waals surface area contributed by atoms with Crippen LogP contribution in [0.4, 0.5) is 4.39 Å². The van der Waals surface area contributed by atoms with Gasteiger partial charge in [0.15, 0.2) is 5.96 Å². The van der Waals surface area contributed by atoms with Gasteiger partial charge in [-0.15, -0.1) is 0 Å². The topological polar surface area (TPSA) is 60.4 Å². The van der Waals surface area contributed by atoms with Gasteiger partial charge in [-0.1, -0.05) is 6.07 Å². The van der Waals surface area contributed by atoms with Crippen LogP contribution in [0.15, 0.2) is 29.3 Å². The molecule has 0 bridgehead atoms. The molecule has 1 aromatic rings. The first-order chi connectivity index (χ1) is 14.5. The molecule has 3 rings (SSSR count). The van der Waals surface area contributed by atoms with E-state index in [-0.39, 0.29) is 17.8 Å². The fraction of sp³-hybridized carbons (Fsp3) is 0.636. The van der Waals surface area contributed by atoms with Crippen molar-refractivity contribution in [3.05, 3.63) is 30.1 Å². The molecule has 2 aliphatic rings. The molecule has 0 radical (unpaired) electrons. The second-order valence-corrected chi connectivity index (χ2v) is 8.02. The summed E-state index contributed by atoms with van der Waals surface area (Å²) in [6.45, 7) is 8.17. The highest BCUT2D eigenvalue weighted by molar-refractivity contribution is 5.80. The fourth-order valence-electron chi connectivity index (χ4n) is 3.93. The molecule has 8 heteroatoms. The summed E-state index contributed by atoms with van der Waals surface area (Å²) in [7, 11) is 1.77. The third-order valence-corrected chi connectivity index (χ3v) is 5.63. The average molecular weight is 420 g/mol. The van der Waals surface area contributed by atoms with Crippen LogP contribution in [-0.2, 0) is 4.79 Å². The number of hydrogen-bond acceptors (Lipinski definition) is 4. The highest BCUT2D eigenvalue weighted by atomic mass is 19.1. The number of rotatable bonds is 6. The lowest BCUT2D eigenvalue weighted by Gasteiger charge is -2.37. The smallest absolute Gasteiger partial charge is 0.236 e. The minimum atomic E-state index is -0.305. The summed E-state index contributed by atoms with van der Waals surface area (Å²) in [5, 5.41) is 3.34. The minimum Gasteiger partial charge on any atom is -0.489 e. The van der Waals surface area contributed by atoms with E-state index in [2.05, 4.69) is 20.1 Å². The van der Waals surface area contributed by atoms with Crippen molar-refractivity contribution in [3.63, 3.8) is 0 Å². The van der Waals surface area contributed by atoms with E-state index in [1.807, 2.05) is 11.8 Å². The highest BCUT2D eigenvalue weighted by Gasteiger charge is 2.24. The zero-order valence-electron chi connectivity index (χ0n) is 18.1.